The second-order valence-electron chi connectivity index (χ2n) is 7.80. The van der Waals surface area contributed by atoms with Crippen LogP contribution in [0.5, 0.6) is 5.75 Å². The summed E-state index contributed by atoms with van der Waals surface area (Å²) in [6.45, 7) is 0.929. The van der Waals surface area contributed by atoms with Crippen molar-refractivity contribution in [3.05, 3.63) is 59.4 Å². The number of carbonyl (C=O) groups excluding carboxylic acids is 1. The molecule has 1 aliphatic carbocycles. The maximum absolute atomic E-state index is 12.8. The van der Waals surface area contributed by atoms with Crippen molar-refractivity contribution in [3.8, 4) is 17.6 Å². The van der Waals surface area contributed by atoms with E-state index in [1.165, 1.54) is 12.8 Å². The Morgan fingerprint density at radius 1 is 1.16 bits per heavy atom. The summed E-state index contributed by atoms with van der Waals surface area (Å²) < 4.78 is 5.88. The van der Waals surface area contributed by atoms with Gasteiger partial charge in [-0.2, -0.15) is 0 Å². The first-order valence-corrected chi connectivity index (χ1v) is 10.7. The van der Waals surface area contributed by atoms with Crippen LogP contribution in [-0.4, -0.2) is 40.5 Å². The minimum Gasteiger partial charge on any atom is -0.493 e. The Morgan fingerprint density at radius 3 is 2.68 bits per heavy atom. The zero-order valence-electron chi connectivity index (χ0n) is 17.8. The van der Waals surface area contributed by atoms with Gasteiger partial charge in [0.15, 0.2) is 0 Å². The van der Waals surface area contributed by atoms with Gasteiger partial charge in [-0.05, 0) is 56.2 Å². The van der Waals surface area contributed by atoms with Gasteiger partial charge in [0.25, 0.3) is 5.91 Å². The van der Waals surface area contributed by atoms with Gasteiger partial charge in [-0.15, -0.1) is 0 Å². The Hall–Kier alpha value is -3.33. The van der Waals surface area contributed by atoms with Crippen molar-refractivity contribution < 1.29 is 19.4 Å². The summed E-state index contributed by atoms with van der Waals surface area (Å²) in [5.74, 6) is 6.60. The Kier molecular flexibility index (Phi) is 8.05. The molecule has 1 heterocycles. The number of benzene rings is 1. The summed E-state index contributed by atoms with van der Waals surface area (Å²) in [4.78, 5) is 29.3. The van der Waals surface area contributed by atoms with Crippen molar-refractivity contribution in [2.24, 2.45) is 5.92 Å². The lowest BCUT2D eigenvalue weighted by Gasteiger charge is -2.19. The largest absolute Gasteiger partial charge is 0.493 e. The molecule has 2 aromatic rings. The molecule has 6 heteroatoms. The molecule has 0 aliphatic heterocycles. The molecule has 3 rings (SSSR count). The third-order valence-corrected chi connectivity index (χ3v) is 5.01. The number of rotatable bonds is 10. The standard InChI is InChI=1S/C25H28N2O4/c1-27(25(30)20-13-15-22(26-17-20)14-12-19-10-11-19)18-21-7-4-5-8-23(21)31-16-6-2-3-9-24(28)29/h4-5,7-8,13,15,17,19H,2-3,6,9-11,16,18H2,1H3,(H,28,29). The molecule has 0 bridgehead atoms. The number of aromatic nitrogens is 1. The smallest absolute Gasteiger partial charge is 0.303 e. The Bertz CT molecular complexity index is 955. The molecule has 1 aromatic heterocycles. The number of carboxylic acid groups (broad SMARTS) is 1. The zero-order valence-corrected chi connectivity index (χ0v) is 17.8. The third-order valence-electron chi connectivity index (χ3n) is 5.01. The van der Waals surface area contributed by atoms with Gasteiger partial charge in [0.1, 0.15) is 11.4 Å². The van der Waals surface area contributed by atoms with Crippen LogP contribution in [0.25, 0.3) is 0 Å². The van der Waals surface area contributed by atoms with E-state index < -0.39 is 5.97 Å². The van der Waals surface area contributed by atoms with E-state index in [0.29, 0.717) is 36.7 Å². The van der Waals surface area contributed by atoms with Gasteiger partial charge < -0.3 is 14.7 Å². The van der Waals surface area contributed by atoms with Gasteiger partial charge in [0, 0.05) is 37.7 Å². The van der Waals surface area contributed by atoms with Crippen molar-refractivity contribution in [1.29, 1.82) is 0 Å². The van der Waals surface area contributed by atoms with Crippen LogP contribution in [0.15, 0.2) is 42.6 Å². The second-order valence-corrected chi connectivity index (χ2v) is 7.80. The number of unbranched alkanes of at least 4 members (excludes halogenated alkanes) is 2. The number of aliphatic carboxylic acids is 1. The Balaban J connectivity index is 1.52. The maximum atomic E-state index is 12.8. The summed E-state index contributed by atoms with van der Waals surface area (Å²) in [6.07, 6.45) is 6.35. The second kappa shape index (κ2) is 11.2. The van der Waals surface area contributed by atoms with Gasteiger partial charge in [-0.3, -0.25) is 9.59 Å². The van der Waals surface area contributed by atoms with Gasteiger partial charge in [-0.25, -0.2) is 4.98 Å². The highest BCUT2D eigenvalue weighted by atomic mass is 16.5. The normalized spacial score (nSPS) is 12.5. The molecule has 0 radical (unpaired) electrons. The molecule has 0 atom stereocenters. The highest BCUT2D eigenvalue weighted by Gasteiger charge is 2.18. The summed E-state index contributed by atoms with van der Waals surface area (Å²) in [7, 11) is 1.76. The van der Waals surface area contributed by atoms with Gasteiger partial charge in [0.2, 0.25) is 0 Å². The fourth-order valence-electron chi connectivity index (χ4n) is 3.06. The topological polar surface area (TPSA) is 79.7 Å². The molecule has 0 unspecified atom stereocenters. The number of para-hydroxylation sites is 1. The molecule has 1 N–H and O–H groups in total. The minimum atomic E-state index is -0.769. The monoisotopic (exact) mass is 420 g/mol. The van der Waals surface area contributed by atoms with Crippen molar-refractivity contribution in [2.75, 3.05) is 13.7 Å². The lowest BCUT2D eigenvalue weighted by atomic mass is 10.1. The summed E-state index contributed by atoms with van der Waals surface area (Å²) >= 11 is 0. The number of pyridine rings is 1. The van der Waals surface area contributed by atoms with E-state index in [9.17, 15) is 9.59 Å². The van der Waals surface area contributed by atoms with Crippen LogP contribution in [0.4, 0.5) is 0 Å². The van der Waals surface area contributed by atoms with E-state index in [0.717, 1.165) is 24.2 Å². The Labute approximate surface area is 183 Å². The molecule has 0 spiro atoms. The number of carboxylic acids is 1. The Morgan fingerprint density at radius 2 is 1.97 bits per heavy atom. The SMILES string of the molecule is CN(Cc1ccccc1OCCCCCC(=O)O)C(=O)c1ccc(C#CC2CC2)nc1. The minimum absolute atomic E-state index is 0.113. The quantitative estimate of drug-likeness (QED) is 0.462. The molecular formula is C25H28N2O4. The molecule has 162 valence electrons. The number of hydrogen-bond acceptors (Lipinski definition) is 4. The van der Waals surface area contributed by atoms with E-state index in [4.69, 9.17) is 9.84 Å². The fraction of sp³-hybridized carbons (Fsp3) is 0.400. The molecular weight excluding hydrogens is 392 g/mol. The van der Waals surface area contributed by atoms with Crippen molar-refractivity contribution in [2.45, 2.75) is 45.1 Å². The van der Waals surface area contributed by atoms with Crippen molar-refractivity contribution >= 4 is 11.9 Å². The van der Waals surface area contributed by atoms with Crippen molar-refractivity contribution in [1.82, 2.24) is 9.88 Å². The van der Waals surface area contributed by atoms with Gasteiger partial charge in [-0.1, -0.05) is 24.1 Å². The first-order chi connectivity index (χ1) is 15.0. The number of carbonyl (C=O) groups is 2. The molecule has 0 saturated heterocycles. The van der Waals surface area contributed by atoms with Crippen LogP contribution in [0.1, 0.15) is 60.1 Å². The molecule has 1 aliphatic rings. The average Bonchev–Trinajstić information content (AvgIpc) is 3.60. The van der Waals surface area contributed by atoms with Crippen LogP contribution < -0.4 is 4.74 Å². The van der Waals surface area contributed by atoms with Crippen LogP contribution in [-0.2, 0) is 11.3 Å². The van der Waals surface area contributed by atoms with E-state index in [-0.39, 0.29) is 12.3 Å². The van der Waals surface area contributed by atoms with Crippen LogP contribution in [0, 0.1) is 17.8 Å². The van der Waals surface area contributed by atoms with Gasteiger partial charge >= 0.3 is 5.97 Å². The van der Waals surface area contributed by atoms with Gasteiger partial charge in [0.05, 0.1) is 12.2 Å². The average molecular weight is 421 g/mol. The van der Waals surface area contributed by atoms with Crippen LogP contribution in [0.2, 0.25) is 0 Å². The third kappa shape index (κ3) is 7.45. The summed E-state index contributed by atoms with van der Waals surface area (Å²) in [6, 6.07) is 11.2. The number of nitrogens with zero attached hydrogens (tertiary/aromatic N) is 2. The molecule has 1 aromatic carbocycles. The number of hydrogen-bond donors (Lipinski definition) is 1. The lowest BCUT2D eigenvalue weighted by Crippen LogP contribution is -2.26. The highest BCUT2D eigenvalue weighted by Crippen LogP contribution is 2.27. The van der Waals surface area contributed by atoms with E-state index in [2.05, 4.69) is 16.8 Å². The molecule has 1 fully saturated rings. The number of amides is 1. The summed E-state index contributed by atoms with van der Waals surface area (Å²) in [5.41, 5.74) is 2.13. The first-order valence-electron chi connectivity index (χ1n) is 10.7. The first kappa shape index (κ1) is 22.4. The lowest BCUT2D eigenvalue weighted by molar-refractivity contribution is -0.137. The predicted octanol–water partition coefficient (Wildman–Crippen LogP) is 4.14. The van der Waals surface area contributed by atoms with Crippen LogP contribution >= 0.6 is 0 Å². The predicted molar refractivity (Wildman–Crippen MR) is 118 cm³/mol. The van der Waals surface area contributed by atoms with Crippen molar-refractivity contribution in [3.63, 3.8) is 0 Å². The van der Waals surface area contributed by atoms with E-state index in [1.807, 2.05) is 24.3 Å². The number of ether oxygens (including phenoxy) is 1. The summed E-state index contributed by atoms with van der Waals surface area (Å²) in [5, 5.41) is 8.68. The van der Waals surface area contributed by atoms with E-state index >= 15 is 0 Å². The highest BCUT2D eigenvalue weighted by molar-refractivity contribution is 5.93. The molecule has 1 saturated carbocycles. The molecule has 6 nitrogen and oxygen atoms in total. The van der Waals surface area contributed by atoms with E-state index in [1.54, 1.807) is 30.3 Å². The molecule has 31 heavy (non-hydrogen) atoms. The maximum Gasteiger partial charge on any atom is 0.303 e. The van der Waals surface area contributed by atoms with Crippen LogP contribution in [0.3, 0.4) is 0 Å². The zero-order chi connectivity index (χ0) is 22.1. The fourth-order valence-corrected chi connectivity index (χ4v) is 3.06. The molecule has 1 amide bonds.